The number of aryl methyl sites for hydroxylation is 2. The van der Waals surface area contributed by atoms with E-state index in [1.165, 1.54) is 0 Å². The van der Waals surface area contributed by atoms with Crippen LogP contribution >= 0.6 is 23.4 Å². The predicted molar refractivity (Wildman–Crippen MR) is 74.6 cm³/mol. The molecular weight excluding hydrogens is 280 g/mol. The highest BCUT2D eigenvalue weighted by atomic mass is 35.5. The van der Waals surface area contributed by atoms with Crippen LogP contribution in [0.25, 0.3) is 5.78 Å². The van der Waals surface area contributed by atoms with Crippen LogP contribution in [0.2, 0.25) is 5.02 Å². The van der Waals surface area contributed by atoms with Gasteiger partial charge in [-0.15, -0.1) is 4.52 Å². The monoisotopic (exact) mass is 291 g/mol. The molecule has 0 aliphatic carbocycles. The maximum absolute atomic E-state index is 5.90. The lowest BCUT2D eigenvalue weighted by atomic mass is 10.4. The van der Waals surface area contributed by atoms with Gasteiger partial charge in [0.05, 0.1) is 0 Å². The van der Waals surface area contributed by atoms with Crippen molar-refractivity contribution in [2.45, 2.75) is 23.8 Å². The van der Waals surface area contributed by atoms with Gasteiger partial charge in [0.1, 0.15) is 5.69 Å². The van der Waals surface area contributed by atoms with Crippen LogP contribution in [0.3, 0.4) is 0 Å². The number of nitrogens with zero attached hydrogens (tertiary/aromatic N) is 3. The molecule has 0 saturated carbocycles. The molecular formula is C13H12ClN4S+. The van der Waals surface area contributed by atoms with Crippen LogP contribution in [0.5, 0.6) is 0 Å². The molecule has 0 atom stereocenters. The Labute approximate surface area is 119 Å². The molecule has 0 radical (unpaired) electrons. The van der Waals surface area contributed by atoms with Crippen LogP contribution in [0.4, 0.5) is 0 Å². The molecule has 1 aromatic carbocycles. The first kappa shape index (κ1) is 12.4. The molecule has 4 nitrogen and oxygen atoms in total. The zero-order valence-corrected chi connectivity index (χ0v) is 12.1. The molecule has 3 rings (SSSR count). The van der Waals surface area contributed by atoms with Crippen molar-refractivity contribution in [3.05, 3.63) is 46.9 Å². The Morgan fingerprint density at radius 3 is 2.63 bits per heavy atom. The molecule has 0 fully saturated rings. The van der Waals surface area contributed by atoms with Crippen LogP contribution < -0.4 is 4.52 Å². The smallest absolute Gasteiger partial charge is 0.214 e. The lowest BCUT2D eigenvalue weighted by molar-refractivity contribution is -0.620. The van der Waals surface area contributed by atoms with Crippen molar-refractivity contribution < 1.29 is 4.52 Å². The number of aromatic nitrogens is 4. The molecule has 0 aliphatic rings. The number of nitrogens with one attached hydrogen (secondary N) is 1. The SMILES string of the molecule is Cc1cc(Sc2ccc(Cl)cc2)[n+]2[nH]c(C)nc2n1. The third kappa shape index (κ3) is 2.57. The van der Waals surface area contributed by atoms with E-state index in [1.54, 1.807) is 11.8 Å². The van der Waals surface area contributed by atoms with Crippen LogP contribution in [-0.2, 0) is 0 Å². The summed E-state index contributed by atoms with van der Waals surface area (Å²) < 4.78 is 1.89. The van der Waals surface area contributed by atoms with Crippen molar-refractivity contribution in [1.82, 2.24) is 15.1 Å². The average molecular weight is 292 g/mol. The van der Waals surface area contributed by atoms with Gasteiger partial charge in [-0.2, -0.15) is 0 Å². The normalized spacial score (nSPS) is 11.1. The van der Waals surface area contributed by atoms with Gasteiger partial charge in [-0.25, -0.2) is 5.10 Å². The van der Waals surface area contributed by atoms with Crippen LogP contribution in [-0.4, -0.2) is 15.1 Å². The maximum atomic E-state index is 5.90. The van der Waals surface area contributed by atoms with Gasteiger partial charge in [-0.1, -0.05) is 33.3 Å². The fraction of sp³-hybridized carbons (Fsp3) is 0.154. The van der Waals surface area contributed by atoms with E-state index < -0.39 is 0 Å². The zero-order chi connectivity index (χ0) is 13.4. The highest BCUT2D eigenvalue weighted by Crippen LogP contribution is 2.26. The van der Waals surface area contributed by atoms with Gasteiger partial charge in [-0.05, 0) is 31.2 Å². The van der Waals surface area contributed by atoms with Crippen molar-refractivity contribution in [2.24, 2.45) is 0 Å². The Balaban J connectivity index is 2.06. The quantitative estimate of drug-likeness (QED) is 0.583. The average Bonchev–Trinajstić information content (AvgIpc) is 2.72. The van der Waals surface area contributed by atoms with Crippen LogP contribution in [0, 0.1) is 13.8 Å². The fourth-order valence-electron chi connectivity index (χ4n) is 1.80. The van der Waals surface area contributed by atoms with Gasteiger partial charge in [0.15, 0.2) is 5.03 Å². The molecule has 0 spiro atoms. The van der Waals surface area contributed by atoms with Crippen molar-refractivity contribution >= 4 is 29.1 Å². The number of fused-ring (bicyclic) bond motifs is 1. The Morgan fingerprint density at radius 1 is 1.16 bits per heavy atom. The van der Waals surface area contributed by atoms with Gasteiger partial charge >= 0.3 is 5.78 Å². The topological polar surface area (TPSA) is 45.7 Å². The Kier molecular flexibility index (Phi) is 3.16. The number of hydrogen-bond donors (Lipinski definition) is 1. The number of aromatic amines is 1. The molecule has 19 heavy (non-hydrogen) atoms. The summed E-state index contributed by atoms with van der Waals surface area (Å²) >= 11 is 7.54. The van der Waals surface area contributed by atoms with E-state index in [0.29, 0.717) is 5.78 Å². The number of rotatable bonds is 2. The number of hydrogen-bond acceptors (Lipinski definition) is 3. The second kappa shape index (κ2) is 4.83. The van der Waals surface area contributed by atoms with E-state index in [-0.39, 0.29) is 0 Å². The fourth-order valence-corrected chi connectivity index (χ4v) is 2.88. The number of halogens is 1. The molecule has 2 aromatic heterocycles. The van der Waals surface area contributed by atoms with E-state index >= 15 is 0 Å². The molecule has 96 valence electrons. The molecule has 0 amide bonds. The Bertz CT molecular complexity index is 736. The van der Waals surface area contributed by atoms with Crippen molar-refractivity contribution in [3.63, 3.8) is 0 Å². The minimum atomic E-state index is 0.689. The molecule has 0 saturated heterocycles. The van der Waals surface area contributed by atoms with Gasteiger partial charge in [0.2, 0.25) is 5.82 Å². The molecule has 6 heteroatoms. The molecule has 0 bridgehead atoms. The number of benzene rings is 1. The Morgan fingerprint density at radius 2 is 1.89 bits per heavy atom. The first-order chi connectivity index (χ1) is 9.11. The summed E-state index contributed by atoms with van der Waals surface area (Å²) in [4.78, 5) is 9.87. The predicted octanol–water partition coefficient (Wildman–Crippen LogP) is 2.96. The van der Waals surface area contributed by atoms with E-state index in [1.807, 2.05) is 48.7 Å². The second-order valence-electron chi connectivity index (χ2n) is 4.24. The summed E-state index contributed by atoms with van der Waals surface area (Å²) in [5, 5.41) is 4.97. The lowest BCUT2D eigenvalue weighted by Crippen LogP contribution is -2.27. The van der Waals surface area contributed by atoms with E-state index in [0.717, 1.165) is 26.5 Å². The number of H-pyrrole nitrogens is 1. The highest BCUT2D eigenvalue weighted by molar-refractivity contribution is 7.99. The zero-order valence-electron chi connectivity index (χ0n) is 10.5. The largest absolute Gasteiger partial charge is 0.458 e. The standard InChI is InChI=1S/C13H11ClN4S/c1-8-7-12(18-13(15-8)16-9(2)17-18)19-11-5-3-10(14)4-6-11/h3-7H,1-2H3/p+1. The van der Waals surface area contributed by atoms with Crippen LogP contribution in [0.15, 0.2) is 40.3 Å². The van der Waals surface area contributed by atoms with E-state index in [4.69, 9.17) is 11.6 Å². The second-order valence-corrected chi connectivity index (χ2v) is 5.77. The minimum absolute atomic E-state index is 0.689. The lowest BCUT2D eigenvalue weighted by Gasteiger charge is -2.00. The van der Waals surface area contributed by atoms with E-state index in [2.05, 4.69) is 15.1 Å². The maximum Gasteiger partial charge on any atom is 0.458 e. The van der Waals surface area contributed by atoms with Crippen LogP contribution in [0.1, 0.15) is 11.5 Å². The molecule has 1 N–H and O–H groups in total. The summed E-state index contributed by atoms with van der Waals surface area (Å²) in [6.07, 6.45) is 0. The third-order valence-corrected chi connectivity index (χ3v) is 3.88. The van der Waals surface area contributed by atoms with Gasteiger partial charge in [0.25, 0.3) is 0 Å². The Hall–Kier alpha value is -1.59. The van der Waals surface area contributed by atoms with Gasteiger partial charge in [-0.3, -0.25) is 0 Å². The van der Waals surface area contributed by atoms with Crippen molar-refractivity contribution in [3.8, 4) is 0 Å². The highest BCUT2D eigenvalue weighted by Gasteiger charge is 2.16. The van der Waals surface area contributed by atoms with Gasteiger partial charge < -0.3 is 0 Å². The molecule has 0 unspecified atom stereocenters. The summed E-state index contributed by atoms with van der Waals surface area (Å²) in [5.74, 6) is 1.53. The minimum Gasteiger partial charge on any atom is -0.214 e. The summed E-state index contributed by atoms with van der Waals surface area (Å²) in [6, 6.07) is 9.80. The van der Waals surface area contributed by atoms with E-state index in [9.17, 15) is 0 Å². The van der Waals surface area contributed by atoms with Gasteiger partial charge in [0, 0.05) is 22.9 Å². The molecule has 3 aromatic rings. The first-order valence-electron chi connectivity index (χ1n) is 5.81. The van der Waals surface area contributed by atoms with Crippen molar-refractivity contribution in [1.29, 1.82) is 0 Å². The summed E-state index contributed by atoms with van der Waals surface area (Å²) in [7, 11) is 0. The van der Waals surface area contributed by atoms with Crippen molar-refractivity contribution in [2.75, 3.05) is 0 Å². The summed E-state index contributed by atoms with van der Waals surface area (Å²) in [5.41, 5.74) is 0.947. The molecule has 0 aliphatic heterocycles. The third-order valence-electron chi connectivity index (χ3n) is 2.61. The summed E-state index contributed by atoms with van der Waals surface area (Å²) in [6.45, 7) is 3.89. The molecule has 2 heterocycles. The first-order valence-corrected chi connectivity index (χ1v) is 7.01.